The van der Waals surface area contributed by atoms with Crippen LogP contribution in [-0.2, 0) is 4.79 Å². The van der Waals surface area contributed by atoms with Gasteiger partial charge in [-0.05, 0) is 69.1 Å². The number of amides is 2. The van der Waals surface area contributed by atoms with Crippen molar-refractivity contribution in [1.29, 1.82) is 0 Å². The molecule has 0 bridgehead atoms. The molecule has 34 heavy (non-hydrogen) atoms. The number of carbonyl (C=O) groups excluding carboxylic acids is 2. The van der Waals surface area contributed by atoms with E-state index in [9.17, 15) is 9.59 Å². The van der Waals surface area contributed by atoms with Crippen LogP contribution < -0.4 is 16.0 Å². The van der Waals surface area contributed by atoms with E-state index in [0.29, 0.717) is 24.0 Å². The molecular formula is C26H34N6O2. The molecule has 180 valence electrons. The van der Waals surface area contributed by atoms with Crippen molar-refractivity contribution < 1.29 is 9.59 Å². The van der Waals surface area contributed by atoms with Gasteiger partial charge < -0.3 is 20.9 Å². The minimum absolute atomic E-state index is 0.0814. The molecule has 8 heteroatoms. The lowest BCUT2D eigenvalue weighted by Crippen LogP contribution is -2.35. The number of anilines is 3. The highest BCUT2D eigenvalue weighted by molar-refractivity contribution is 5.95. The van der Waals surface area contributed by atoms with E-state index >= 15 is 0 Å². The number of nitrogens with zero attached hydrogens (tertiary/aromatic N) is 3. The van der Waals surface area contributed by atoms with E-state index < -0.39 is 0 Å². The topological polar surface area (TPSA) is 99.2 Å². The van der Waals surface area contributed by atoms with Crippen LogP contribution >= 0.6 is 0 Å². The summed E-state index contributed by atoms with van der Waals surface area (Å²) in [4.78, 5) is 35.9. The number of likely N-dealkylation sites (tertiary alicyclic amines) is 1. The Labute approximate surface area is 200 Å². The van der Waals surface area contributed by atoms with E-state index in [1.54, 1.807) is 0 Å². The van der Waals surface area contributed by atoms with Gasteiger partial charge in [-0.2, -0.15) is 4.98 Å². The number of hydrogen-bond acceptors (Lipinski definition) is 6. The van der Waals surface area contributed by atoms with Crippen molar-refractivity contribution >= 4 is 29.3 Å². The van der Waals surface area contributed by atoms with E-state index in [-0.39, 0.29) is 17.7 Å². The van der Waals surface area contributed by atoms with Gasteiger partial charge in [0.25, 0.3) is 5.91 Å². The summed E-state index contributed by atoms with van der Waals surface area (Å²) in [7, 11) is 0. The van der Waals surface area contributed by atoms with Crippen LogP contribution in [0.25, 0.3) is 0 Å². The normalized spacial score (nSPS) is 17.8. The Morgan fingerprint density at radius 1 is 1.03 bits per heavy atom. The van der Waals surface area contributed by atoms with Gasteiger partial charge in [0.05, 0.1) is 0 Å². The second kappa shape index (κ2) is 10.4. The third-order valence-electron chi connectivity index (χ3n) is 7.01. The Morgan fingerprint density at radius 2 is 1.85 bits per heavy atom. The summed E-state index contributed by atoms with van der Waals surface area (Å²) >= 11 is 0. The van der Waals surface area contributed by atoms with Crippen LogP contribution in [0.1, 0.15) is 73.2 Å². The van der Waals surface area contributed by atoms with Crippen LogP contribution in [0.4, 0.5) is 17.5 Å². The molecular weight excluding hydrogens is 428 g/mol. The average Bonchev–Trinajstić information content (AvgIpc) is 3.50. The zero-order valence-corrected chi connectivity index (χ0v) is 19.7. The molecule has 1 aromatic carbocycles. The molecule has 2 aromatic rings. The van der Waals surface area contributed by atoms with E-state index in [0.717, 1.165) is 68.8 Å². The molecule has 2 saturated carbocycles. The predicted molar refractivity (Wildman–Crippen MR) is 132 cm³/mol. The van der Waals surface area contributed by atoms with Crippen LogP contribution in [0.5, 0.6) is 0 Å². The van der Waals surface area contributed by atoms with Crippen molar-refractivity contribution in [2.45, 2.75) is 57.3 Å². The van der Waals surface area contributed by atoms with Crippen molar-refractivity contribution in [3.05, 3.63) is 41.6 Å². The predicted octanol–water partition coefficient (Wildman–Crippen LogP) is 4.05. The first-order valence-electron chi connectivity index (χ1n) is 12.7. The van der Waals surface area contributed by atoms with Gasteiger partial charge in [0.1, 0.15) is 5.82 Å². The Balaban J connectivity index is 1.19. The van der Waals surface area contributed by atoms with Crippen molar-refractivity contribution in [1.82, 2.24) is 20.2 Å². The maximum absolute atomic E-state index is 12.7. The van der Waals surface area contributed by atoms with Gasteiger partial charge in [-0.1, -0.05) is 12.5 Å². The first-order valence-corrected chi connectivity index (χ1v) is 12.7. The molecule has 2 heterocycles. The Morgan fingerprint density at radius 3 is 2.59 bits per heavy atom. The number of rotatable bonds is 10. The van der Waals surface area contributed by atoms with Gasteiger partial charge in [-0.15, -0.1) is 0 Å². The number of hydrogen-bond donors (Lipinski definition) is 3. The van der Waals surface area contributed by atoms with Crippen LogP contribution in [0.3, 0.4) is 0 Å². The van der Waals surface area contributed by atoms with E-state index in [4.69, 9.17) is 4.98 Å². The fraction of sp³-hybridized carbons (Fsp3) is 0.538. The summed E-state index contributed by atoms with van der Waals surface area (Å²) in [6, 6.07) is 7.55. The van der Waals surface area contributed by atoms with Gasteiger partial charge in [0, 0.05) is 55.1 Å². The first kappa shape index (κ1) is 22.6. The summed E-state index contributed by atoms with van der Waals surface area (Å²) in [5, 5.41) is 9.77. The molecule has 0 radical (unpaired) electrons. The smallest absolute Gasteiger partial charge is 0.253 e. The SMILES string of the molecule is O=C(NCCCNc1nc(Nc2cccc(C(=O)N3CCCC3)c2)ncc1C1CC1)C1CCC1. The summed E-state index contributed by atoms with van der Waals surface area (Å²) in [6.07, 6.45) is 10.5. The largest absolute Gasteiger partial charge is 0.370 e. The second-order valence-corrected chi connectivity index (χ2v) is 9.68. The van der Waals surface area contributed by atoms with Crippen molar-refractivity contribution in [3.8, 4) is 0 Å². The maximum atomic E-state index is 12.7. The number of aromatic nitrogens is 2. The number of carbonyl (C=O) groups is 2. The molecule has 3 aliphatic rings. The third kappa shape index (κ3) is 5.48. The van der Waals surface area contributed by atoms with E-state index in [1.165, 1.54) is 19.3 Å². The van der Waals surface area contributed by atoms with Crippen LogP contribution in [-0.4, -0.2) is 52.9 Å². The highest BCUT2D eigenvalue weighted by Gasteiger charge is 2.28. The number of benzene rings is 1. The lowest BCUT2D eigenvalue weighted by Gasteiger charge is -2.24. The lowest BCUT2D eigenvalue weighted by molar-refractivity contribution is -0.127. The quantitative estimate of drug-likeness (QED) is 0.461. The van der Waals surface area contributed by atoms with Gasteiger partial charge in [0.15, 0.2) is 0 Å². The summed E-state index contributed by atoms with van der Waals surface area (Å²) in [5.41, 5.74) is 2.64. The van der Waals surface area contributed by atoms with Gasteiger partial charge in [0.2, 0.25) is 11.9 Å². The highest BCUT2D eigenvalue weighted by atomic mass is 16.2. The summed E-state index contributed by atoms with van der Waals surface area (Å²) < 4.78 is 0. The monoisotopic (exact) mass is 462 g/mol. The van der Waals surface area contributed by atoms with Crippen LogP contribution in [0, 0.1) is 5.92 Å². The molecule has 0 atom stereocenters. The second-order valence-electron chi connectivity index (χ2n) is 9.68. The third-order valence-corrected chi connectivity index (χ3v) is 7.01. The molecule has 1 aromatic heterocycles. The fourth-order valence-corrected chi connectivity index (χ4v) is 4.57. The molecule has 0 unspecified atom stereocenters. The zero-order valence-electron chi connectivity index (χ0n) is 19.7. The molecule has 1 saturated heterocycles. The van der Waals surface area contributed by atoms with Gasteiger partial charge in [-0.25, -0.2) is 4.98 Å². The molecule has 3 fully saturated rings. The summed E-state index contributed by atoms with van der Waals surface area (Å²) in [5.74, 6) is 2.40. The molecule has 8 nitrogen and oxygen atoms in total. The Kier molecular flexibility index (Phi) is 6.92. The number of nitrogens with one attached hydrogen (secondary N) is 3. The van der Waals surface area contributed by atoms with Gasteiger partial charge in [-0.3, -0.25) is 9.59 Å². The molecule has 1 aliphatic heterocycles. The van der Waals surface area contributed by atoms with Crippen molar-refractivity contribution in [2.24, 2.45) is 5.92 Å². The summed E-state index contributed by atoms with van der Waals surface area (Å²) in [6.45, 7) is 3.08. The van der Waals surface area contributed by atoms with E-state index in [2.05, 4.69) is 20.9 Å². The first-order chi connectivity index (χ1) is 16.7. The molecule has 2 amide bonds. The minimum Gasteiger partial charge on any atom is -0.370 e. The Hall–Kier alpha value is -3.16. The van der Waals surface area contributed by atoms with Crippen LogP contribution in [0.2, 0.25) is 0 Å². The standard InChI is InChI=1S/C26H34N6O2/c33-24(19-6-3-7-19)28-13-5-12-27-23-22(18-10-11-18)17-29-26(31-23)30-21-9-4-8-20(16-21)25(34)32-14-1-2-15-32/h4,8-9,16-19H,1-3,5-7,10-15H2,(H,28,33)(H2,27,29,30,31). The Bertz CT molecular complexity index is 1030. The zero-order chi connectivity index (χ0) is 23.3. The fourth-order valence-electron chi connectivity index (χ4n) is 4.57. The maximum Gasteiger partial charge on any atom is 0.253 e. The van der Waals surface area contributed by atoms with Crippen LogP contribution in [0.15, 0.2) is 30.5 Å². The van der Waals surface area contributed by atoms with Crippen molar-refractivity contribution in [2.75, 3.05) is 36.8 Å². The molecule has 3 N–H and O–H groups in total. The molecule has 2 aliphatic carbocycles. The van der Waals surface area contributed by atoms with E-state index in [1.807, 2.05) is 35.4 Å². The van der Waals surface area contributed by atoms with Gasteiger partial charge >= 0.3 is 0 Å². The highest BCUT2D eigenvalue weighted by Crippen LogP contribution is 2.42. The molecule has 0 spiro atoms. The average molecular weight is 463 g/mol. The minimum atomic E-state index is 0.0814. The van der Waals surface area contributed by atoms with Crippen molar-refractivity contribution in [3.63, 3.8) is 0 Å². The lowest BCUT2D eigenvalue weighted by atomic mass is 9.85. The molecule has 5 rings (SSSR count).